The molecule has 0 saturated carbocycles. The van der Waals surface area contributed by atoms with Crippen LogP contribution >= 0.6 is 11.6 Å². The summed E-state index contributed by atoms with van der Waals surface area (Å²) in [7, 11) is 0. The van der Waals surface area contributed by atoms with Gasteiger partial charge in [0.2, 0.25) is 5.91 Å². The fourth-order valence-corrected chi connectivity index (χ4v) is 4.54. The number of amides is 1. The Morgan fingerprint density at radius 1 is 1.20 bits per heavy atom. The molecule has 1 atom stereocenters. The van der Waals surface area contributed by atoms with Crippen LogP contribution in [0.4, 0.5) is 19.0 Å². The van der Waals surface area contributed by atoms with Crippen LogP contribution in [0.5, 0.6) is 0 Å². The maximum atomic E-state index is 13.1. The second-order valence-electron chi connectivity index (χ2n) is 7.85. The molecule has 4 heterocycles. The number of likely N-dealkylation sites (tertiary alicyclic amines) is 1. The van der Waals surface area contributed by atoms with Crippen molar-refractivity contribution in [3.05, 3.63) is 40.4 Å². The monoisotopic (exact) mass is 442 g/mol. The van der Waals surface area contributed by atoms with E-state index >= 15 is 0 Å². The maximum absolute atomic E-state index is 13.1. The first-order valence-electron chi connectivity index (χ1n) is 9.95. The molecule has 2 aliphatic heterocycles. The number of anilines is 1. The molecule has 0 radical (unpaired) electrons. The number of alkyl halides is 3. The summed E-state index contributed by atoms with van der Waals surface area (Å²) in [6.07, 6.45) is -0.729. The van der Waals surface area contributed by atoms with E-state index in [2.05, 4.69) is 10.1 Å². The van der Waals surface area contributed by atoms with Gasteiger partial charge in [-0.25, -0.2) is 4.98 Å². The van der Waals surface area contributed by atoms with Crippen LogP contribution < -0.4 is 4.90 Å². The SMILES string of the molecule is Cc1cc(C2CCCN2C(=O)C2CCN(c3ncc(C(F)(F)F)cc3Cl)CC2)on1. The molecule has 2 fully saturated rings. The van der Waals surface area contributed by atoms with Crippen molar-refractivity contribution < 1.29 is 22.5 Å². The largest absolute Gasteiger partial charge is 0.417 e. The highest BCUT2D eigenvalue weighted by Crippen LogP contribution is 2.37. The first-order chi connectivity index (χ1) is 14.2. The number of hydrogen-bond acceptors (Lipinski definition) is 5. The van der Waals surface area contributed by atoms with Crippen LogP contribution in [0, 0.1) is 12.8 Å². The average molecular weight is 443 g/mol. The number of nitrogens with zero attached hydrogens (tertiary/aromatic N) is 4. The van der Waals surface area contributed by atoms with Crippen molar-refractivity contribution in [3.63, 3.8) is 0 Å². The summed E-state index contributed by atoms with van der Waals surface area (Å²) in [4.78, 5) is 20.8. The third kappa shape index (κ3) is 4.12. The number of aryl methyl sites for hydroxylation is 1. The second kappa shape index (κ2) is 8.09. The van der Waals surface area contributed by atoms with Gasteiger partial charge < -0.3 is 14.3 Å². The summed E-state index contributed by atoms with van der Waals surface area (Å²) in [5.74, 6) is 1.00. The predicted octanol–water partition coefficient (Wildman–Crippen LogP) is 4.63. The smallest absolute Gasteiger partial charge is 0.359 e. The summed E-state index contributed by atoms with van der Waals surface area (Å²) >= 11 is 6.06. The van der Waals surface area contributed by atoms with Crippen LogP contribution in [0.3, 0.4) is 0 Å². The minimum absolute atomic E-state index is 0.0325. The molecular weight excluding hydrogens is 421 g/mol. The van der Waals surface area contributed by atoms with Crippen molar-refractivity contribution in [2.24, 2.45) is 5.92 Å². The quantitative estimate of drug-likeness (QED) is 0.693. The molecule has 0 N–H and O–H groups in total. The molecule has 2 saturated heterocycles. The number of halogens is 4. The van der Waals surface area contributed by atoms with Crippen molar-refractivity contribution >= 4 is 23.3 Å². The minimum atomic E-state index is -4.48. The molecule has 0 aliphatic carbocycles. The summed E-state index contributed by atoms with van der Waals surface area (Å²) in [5.41, 5.74) is -0.0810. The molecule has 4 rings (SSSR count). The van der Waals surface area contributed by atoms with E-state index in [1.54, 1.807) is 0 Å². The molecule has 30 heavy (non-hydrogen) atoms. The molecule has 0 aromatic carbocycles. The lowest BCUT2D eigenvalue weighted by atomic mass is 9.94. The van der Waals surface area contributed by atoms with Crippen LogP contribution in [0.25, 0.3) is 0 Å². The van der Waals surface area contributed by atoms with Crippen LogP contribution in [-0.2, 0) is 11.0 Å². The first-order valence-corrected chi connectivity index (χ1v) is 10.3. The molecule has 6 nitrogen and oxygen atoms in total. The maximum Gasteiger partial charge on any atom is 0.417 e. The lowest BCUT2D eigenvalue weighted by Crippen LogP contribution is -2.42. The van der Waals surface area contributed by atoms with Gasteiger partial charge in [-0.2, -0.15) is 13.2 Å². The number of rotatable bonds is 3. The van der Waals surface area contributed by atoms with Gasteiger partial charge in [0, 0.05) is 37.8 Å². The lowest BCUT2D eigenvalue weighted by Gasteiger charge is -2.35. The van der Waals surface area contributed by atoms with Gasteiger partial charge in [-0.1, -0.05) is 16.8 Å². The van der Waals surface area contributed by atoms with E-state index in [4.69, 9.17) is 16.1 Å². The van der Waals surface area contributed by atoms with Gasteiger partial charge in [-0.3, -0.25) is 4.79 Å². The van der Waals surface area contributed by atoms with Crippen molar-refractivity contribution in [2.45, 2.75) is 44.8 Å². The predicted molar refractivity (Wildman–Crippen MR) is 104 cm³/mol. The Morgan fingerprint density at radius 3 is 2.53 bits per heavy atom. The van der Waals surface area contributed by atoms with Gasteiger partial charge in [0.15, 0.2) is 5.76 Å². The number of pyridine rings is 1. The van der Waals surface area contributed by atoms with Gasteiger partial charge in [0.05, 0.1) is 22.3 Å². The second-order valence-corrected chi connectivity index (χ2v) is 8.26. The van der Waals surface area contributed by atoms with E-state index in [1.807, 2.05) is 22.8 Å². The lowest BCUT2D eigenvalue weighted by molar-refractivity contribution is -0.138. The highest BCUT2D eigenvalue weighted by Gasteiger charge is 2.38. The summed E-state index contributed by atoms with van der Waals surface area (Å²) in [5, 5.41) is 3.90. The normalized spacial score (nSPS) is 20.8. The zero-order valence-electron chi connectivity index (χ0n) is 16.5. The van der Waals surface area contributed by atoms with E-state index in [0.717, 1.165) is 36.6 Å². The Kier molecular flexibility index (Phi) is 5.65. The molecule has 0 bridgehead atoms. The average Bonchev–Trinajstić information content (AvgIpc) is 3.35. The van der Waals surface area contributed by atoms with Crippen molar-refractivity contribution in [1.82, 2.24) is 15.0 Å². The molecule has 1 unspecified atom stereocenters. The molecule has 10 heteroatoms. The van der Waals surface area contributed by atoms with Crippen LogP contribution in [-0.4, -0.2) is 40.6 Å². The molecular formula is C20H22ClF3N4O2. The number of carbonyl (C=O) groups is 1. The van der Waals surface area contributed by atoms with Gasteiger partial charge in [0.25, 0.3) is 0 Å². The van der Waals surface area contributed by atoms with Crippen LogP contribution in [0.2, 0.25) is 5.02 Å². The standard InChI is InChI=1S/C20H22ClF3N4O2/c1-12-9-17(30-26-12)16-3-2-6-28(16)19(29)13-4-7-27(8-5-13)18-15(21)10-14(11-25-18)20(22,23)24/h9-11,13,16H,2-8H2,1H3. The van der Waals surface area contributed by atoms with Crippen molar-refractivity contribution in [3.8, 4) is 0 Å². The Bertz CT molecular complexity index is 925. The summed E-state index contributed by atoms with van der Waals surface area (Å²) in [6, 6.07) is 2.69. The Morgan fingerprint density at radius 2 is 1.93 bits per heavy atom. The van der Waals surface area contributed by atoms with E-state index in [9.17, 15) is 18.0 Å². The molecule has 2 aliphatic rings. The highest BCUT2D eigenvalue weighted by molar-refractivity contribution is 6.33. The van der Waals surface area contributed by atoms with E-state index in [1.165, 1.54) is 0 Å². The van der Waals surface area contributed by atoms with Crippen molar-refractivity contribution in [1.29, 1.82) is 0 Å². The highest BCUT2D eigenvalue weighted by atomic mass is 35.5. The third-order valence-electron chi connectivity index (χ3n) is 5.80. The van der Waals surface area contributed by atoms with Crippen molar-refractivity contribution in [2.75, 3.05) is 24.5 Å². The van der Waals surface area contributed by atoms with Crippen LogP contribution in [0.15, 0.2) is 22.9 Å². The van der Waals surface area contributed by atoms with Gasteiger partial charge >= 0.3 is 6.18 Å². The minimum Gasteiger partial charge on any atom is -0.359 e. The molecule has 162 valence electrons. The molecule has 1 amide bonds. The molecule has 0 spiro atoms. The Balaban J connectivity index is 1.40. The first kappa shape index (κ1) is 21.0. The summed E-state index contributed by atoms with van der Waals surface area (Å²) in [6.45, 7) is 3.56. The van der Waals surface area contributed by atoms with E-state index < -0.39 is 11.7 Å². The fraction of sp³-hybridized carbons (Fsp3) is 0.550. The van der Waals surface area contributed by atoms with E-state index in [0.29, 0.717) is 38.3 Å². The Labute approximate surface area is 177 Å². The summed E-state index contributed by atoms with van der Waals surface area (Å²) < 4.78 is 43.8. The van der Waals surface area contributed by atoms with Gasteiger partial charge in [0.1, 0.15) is 5.82 Å². The zero-order valence-corrected chi connectivity index (χ0v) is 17.2. The number of hydrogen-bond donors (Lipinski definition) is 0. The topological polar surface area (TPSA) is 62.5 Å². The van der Waals surface area contributed by atoms with Crippen LogP contribution in [0.1, 0.15) is 48.7 Å². The zero-order chi connectivity index (χ0) is 21.5. The Hall–Kier alpha value is -2.29. The number of aromatic nitrogens is 2. The molecule has 2 aromatic rings. The van der Waals surface area contributed by atoms with Gasteiger partial charge in [-0.05, 0) is 38.7 Å². The van der Waals surface area contributed by atoms with E-state index in [-0.39, 0.29) is 22.9 Å². The van der Waals surface area contributed by atoms with Gasteiger partial charge in [-0.15, -0.1) is 0 Å². The fourth-order valence-electron chi connectivity index (χ4n) is 4.26. The molecule has 2 aromatic heterocycles. The number of carbonyl (C=O) groups excluding carboxylic acids is 1. The third-order valence-corrected chi connectivity index (χ3v) is 6.08. The number of piperidine rings is 1.